The van der Waals surface area contributed by atoms with Crippen LogP contribution in [0, 0.1) is 19.7 Å². The van der Waals surface area contributed by atoms with E-state index >= 15 is 0 Å². The summed E-state index contributed by atoms with van der Waals surface area (Å²) in [5.41, 5.74) is 3.53. The molecular formula is C26H22FNO4. The first kappa shape index (κ1) is 21.3. The molecule has 162 valence electrons. The van der Waals surface area contributed by atoms with Crippen molar-refractivity contribution in [3.05, 3.63) is 99.0 Å². The lowest BCUT2D eigenvalue weighted by Gasteiger charge is -2.20. The number of nitrogens with one attached hydrogen (secondary N) is 1. The standard InChI is InChI=1S/C26H22FNO4/c1-14-12-20(16(3)28-22-7-5-4-6-19(22)26(30)31)25-21(13-14)23(29)15(2)24(32-25)17-8-10-18(27)11-9-17/h4-13,16,28H,1-3H3,(H,30,31). The second-order valence-corrected chi connectivity index (χ2v) is 7.84. The van der Waals surface area contributed by atoms with E-state index in [2.05, 4.69) is 5.32 Å². The van der Waals surface area contributed by atoms with Crippen molar-refractivity contribution < 1.29 is 18.7 Å². The highest BCUT2D eigenvalue weighted by molar-refractivity contribution is 5.94. The normalized spacial score (nSPS) is 12.0. The van der Waals surface area contributed by atoms with Gasteiger partial charge in [-0.3, -0.25) is 4.79 Å². The van der Waals surface area contributed by atoms with Crippen LogP contribution in [0.4, 0.5) is 10.1 Å². The number of halogens is 1. The second-order valence-electron chi connectivity index (χ2n) is 7.84. The third-order valence-corrected chi connectivity index (χ3v) is 5.49. The van der Waals surface area contributed by atoms with Crippen LogP contribution >= 0.6 is 0 Å². The number of aromatic carboxylic acids is 1. The van der Waals surface area contributed by atoms with Gasteiger partial charge in [0.25, 0.3) is 0 Å². The number of benzene rings is 3. The van der Waals surface area contributed by atoms with Gasteiger partial charge in [-0.1, -0.05) is 18.2 Å². The molecule has 1 aromatic heterocycles. The lowest BCUT2D eigenvalue weighted by Crippen LogP contribution is -2.14. The maximum Gasteiger partial charge on any atom is 0.337 e. The fraction of sp³-hybridized carbons (Fsp3) is 0.154. The zero-order chi connectivity index (χ0) is 23.0. The van der Waals surface area contributed by atoms with E-state index in [1.54, 1.807) is 43.3 Å². The Labute approximate surface area is 184 Å². The molecule has 0 radical (unpaired) electrons. The number of anilines is 1. The summed E-state index contributed by atoms with van der Waals surface area (Å²) < 4.78 is 19.6. The molecule has 0 saturated heterocycles. The van der Waals surface area contributed by atoms with E-state index in [-0.39, 0.29) is 22.9 Å². The third kappa shape index (κ3) is 3.87. The van der Waals surface area contributed by atoms with E-state index in [1.165, 1.54) is 18.2 Å². The highest BCUT2D eigenvalue weighted by Crippen LogP contribution is 2.32. The van der Waals surface area contributed by atoms with E-state index in [0.717, 1.165) is 11.1 Å². The SMILES string of the molecule is Cc1cc(C(C)Nc2ccccc2C(=O)O)c2oc(-c3ccc(F)cc3)c(C)c(=O)c2c1. The number of carboxylic acids is 1. The van der Waals surface area contributed by atoms with Crippen molar-refractivity contribution in [2.75, 3.05) is 5.32 Å². The van der Waals surface area contributed by atoms with Gasteiger partial charge in [-0.05, 0) is 68.8 Å². The molecule has 5 nitrogen and oxygen atoms in total. The van der Waals surface area contributed by atoms with Crippen LogP contribution in [-0.2, 0) is 0 Å². The predicted octanol–water partition coefficient (Wildman–Crippen LogP) is 6.09. The van der Waals surface area contributed by atoms with Crippen LogP contribution in [-0.4, -0.2) is 11.1 Å². The Balaban J connectivity index is 1.89. The molecule has 0 saturated carbocycles. The average Bonchev–Trinajstić information content (AvgIpc) is 2.77. The molecule has 0 spiro atoms. The summed E-state index contributed by atoms with van der Waals surface area (Å²) in [5.74, 6) is -1.03. The number of rotatable bonds is 5. The van der Waals surface area contributed by atoms with Crippen LogP contribution in [0.25, 0.3) is 22.3 Å². The van der Waals surface area contributed by atoms with E-state index in [4.69, 9.17) is 4.42 Å². The van der Waals surface area contributed by atoms with Gasteiger partial charge in [0, 0.05) is 22.4 Å². The Morgan fingerprint density at radius 2 is 1.75 bits per heavy atom. The lowest BCUT2D eigenvalue weighted by atomic mass is 9.98. The lowest BCUT2D eigenvalue weighted by molar-refractivity contribution is 0.0698. The minimum Gasteiger partial charge on any atom is -0.478 e. The Morgan fingerprint density at radius 3 is 2.44 bits per heavy atom. The second kappa shape index (κ2) is 8.30. The summed E-state index contributed by atoms with van der Waals surface area (Å²) in [7, 11) is 0. The Bertz CT molecular complexity index is 1390. The van der Waals surface area contributed by atoms with E-state index in [1.807, 2.05) is 19.9 Å². The number of carboxylic acid groups (broad SMARTS) is 1. The molecule has 0 aliphatic carbocycles. The van der Waals surface area contributed by atoms with Crippen LogP contribution in [0.3, 0.4) is 0 Å². The summed E-state index contributed by atoms with van der Waals surface area (Å²) in [6.45, 7) is 5.46. The topological polar surface area (TPSA) is 79.5 Å². The molecule has 6 heteroatoms. The highest BCUT2D eigenvalue weighted by Gasteiger charge is 2.20. The average molecular weight is 431 g/mol. The molecule has 2 N–H and O–H groups in total. The molecule has 3 aromatic carbocycles. The van der Waals surface area contributed by atoms with Gasteiger partial charge < -0.3 is 14.8 Å². The number of hydrogen-bond donors (Lipinski definition) is 2. The summed E-state index contributed by atoms with van der Waals surface area (Å²) in [6.07, 6.45) is 0. The van der Waals surface area contributed by atoms with Gasteiger partial charge in [0.15, 0.2) is 5.43 Å². The quantitative estimate of drug-likeness (QED) is 0.400. The molecule has 0 aliphatic rings. The Kier molecular flexibility index (Phi) is 5.53. The molecule has 4 aromatic rings. The molecule has 0 fully saturated rings. The summed E-state index contributed by atoms with van der Waals surface area (Å²) >= 11 is 0. The molecule has 4 rings (SSSR count). The van der Waals surface area contributed by atoms with Gasteiger partial charge in [0.05, 0.1) is 17.0 Å². The highest BCUT2D eigenvalue weighted by atomic mass is 19.1. The van der Waals surface area contributed by atoms with E-state index < -0.39 is 5.97 Å². The van der Waals surface area contributed by atoms with Crippen molar-refractivity contribution in [2.24, 2.45) is 0 Å². The molecule has 0 amide bonds. The van der Waals surface area contributed by atoms with Gasteiger partial charge in [-0.2, -0.15) is 0 Å². The maximum absolute atomic E-state index is 13.4. The molecule has 1 atom stereocenters. The van der Waals surface area contributed by atoms with Crippen molar-refractivity contribution in [1.29, 1.82) is 0 Å². The number of hydrogen-bond acceptors (Lipinski definition) is 4. The summed E-state index contributed by atoms with van der Waals surface area (Å²) in [4.78, 5) is 24.8. The van der Waals surface area contributed by atoms with Crippen molar-refractivity contribution >= 4 is 22.6 Å². The molecule has 32 heavy (non-hydrogen) atoms. The first-order valence-electron chi connectivity index (χ1n) is 10.2. The van der Waals surface area contributed by atoms with Gasteiger partial charge in [-0.25, -0.2) is 9.18 Å². The Morgan fingerprint density at radius 1 is 1.06 bits per heavy atom. The van der Waals surface area contributed by atoms with Gasteiger partial charge in [-0.15, -0.1) is 0 Å². The largest absolute Gasteiger partial charge is 0.478 e. The molecule has 0 bridgehead atoms. The zero-order valence-corrected chi connectivity index (χ0v) is 17.9. The van der Waals surface area contributed by atoms with Crippen LogP contribution in [0.5, 0.6) is 0 Å². The van der Waals surface area contributed by atoms with Crippen molar-refractivity contribution in [3.8, 4) is 11.3 Å². The first-order chi connectivity index (χ1) is 15.3. The van der Waals surface area contributed by atoms with Crippen LogP contribution in [0.1, 0.15) is 40.0 Å². The zero-order valence-electron chi connectivity index (χ0n) is 17.9. The van der Waals surface area contributed by atoms with Crippen molar-refractivity contribution in [1.82, 2.24) is 0 Å². The van der Waals surface area contributed by atoms with Gasteiger partial charge in [0.2, 0.25) is 0 Å². The molecular weight excluding hydrogens is 409 g/mol. The third-order valence-electron chi connectivity index (χ3n) is 5.49. The fourth-order valence-corrected chi connectivity index (χ4v) is 3.87. The van der Waals surface area contributed by atoms with Crippen molar-refractivity contribution in [2.45, 2.75) is 26.8 Å². The number of aryl methyl sites for hydroxylation is 1. The summed E-state index contributed by atoms with van der Waals surface area (Å²) in [5, 5.41) is 13.2. The number of para-hydroxylation sites is 1. The van der Waals surface area contributed by atoms with Crippen LogP contribution in [0.2, 0.25) is 0 Å². The van der Waals surface area contributed by atoms with Gasteiger partial charge in [0.1, 0.15) is 17.2 Å². The van der Waals surface area contributed by atoms with E-state index in [0.29, 0.717) is 33.5 Å². The molecule has 0 aliphatic heterocycles. The van der Waals surface area contributed by atoms with E-state index in [9.17, 15) is 19.1 Å². The minimum atomic E-state index is -1.03. The molecule has 1 unspecified atom stereocenters. The number of fused-ring (bicyclic) bond motifs is 1. The minimum absolute atomic E-state index is 0.153. The van der Waals surface area contributed by atoms with Crippen molar-refractivity contribution in [3.63, 3.8) is 0 Å². The van der Waals surface area contributed by atoms with Crippen LogP contribution < -0.4 is 10.7 Å². The first-order valence-corrected chi connectivity index (χ1v) is 10.2. The summed E-state index contributed by atoms with van der Waals surface area (Å²) in [6, 6.07) is 15.8. The predicted molar refractivity (Wildman–Crippen MR) is 123 cm³/mol. The smallest absolute Gasteiger partial charge is 0.337 e. The maximum atomic E-state index is 13.4. The van der Waals surface area contributed by atoms with Gasteiger partial charge >= 0.3 is 5.97 Å². The van der Waals surface area contributed by atoms with Crippen LogP contribution in [0.15, 0.2) is 69.9 Å². The number of carbonyl (C=O) groups is 1. The molecule has 1 heterocycles. The fourth-order valence-electron chi connectivity index (χ4n) is 3.87. The monoisotopic (exact) mass is 431 g/mol. The Hall–Kier alpha value is -3.93.